The average Bonchev–Trinajstić information content (AvgIpc) is 3.39. The highest BCUT2D eigenvalue weighted by atomic mass is 32.1. The number of benzene rings is 1. The highest BCUT2D eigenvalue weighted by molar-refractivity contribution is 7.17. The van der Waals surface area contributed by atoms with Crippen molar-refractivity contribution in [3.05, 3.63) is 29.1 Å². The van der Waals surface area contributed by atoms with Crippen molar-refractivity contribution in [3.8, 4) is 0 Å². The number of nitrogens with one attached hydrogen (secondary N) is 1. The summed E-state index contributed by atoms with van der Waals surface area (Å²) >= 11 is 1.86. The molecule has 0 bridgehead atoms. The van der Waals surface area contributed by atoms with E-state index in [1.807, 2.05) is 11.3 Å². The molecule has 1 aliphatic heterocycles. The van der Waals surface area contributed by atoms with Crippen LogP contribution in [-0.4, -0.2) is 49.6 Å². The summed E-state index contributed by atoms with van der Waals surface area (Å²) in [6, 6.07) is 7.23. The van der Waals surface area contributed by atoms with Crippen LogP contribution in [0.15, 0.2) is 23.6 Å². The van der Waals surface area contributed by atoms with Gasteiger partial charge in [0.25, 0.3) is 0 Å². The molecule has 1 N–H and O–H groups in total. The Bertz CT molecular complexity index is 893. The molecule has 0 radical (unpaired) electrons. The Kier molecular flexibility index (Phi) is 5.76. The molecule has 1 aromatic heterocycles. The highest BCUT2D eigenvalue weighted by Gasteiger charge is 2.44. The Morgan fingerprint density at radius 3 is 2.67 bits per heavy atom. The highest BCUT2D eigenvalue weighted by Crippen LogP contribution is 2.40. The molecule has 2 atom stereocenters. The van der Waals surface area contributed by atoms with E-state index in [2.05, 4.69) is 52.5 Å². The Morgan fingerprint density at radius 1 is 1.13 bits per heavy atom. The molecule has 1 unspecified atom stereocenters. The van der Waals surface area contributed by atoms with Crippen LogP contribution >= 0.6 is 11.3 Å². The summed E-state index contributed by atoms with van der Waals surface area (Å²) < 4.78 is 1.40. The maximum atomic E-state index is 12.6. The first kappa shape index (κ1) is 20.3. The lowest BCUT2D eigenvalue weighted by atomic mass is 9.87. The molecule has 4 nitrogen and oxygen atoms in total. The Hall–Kier alpha value is -1.59. The molecule has 2 saturated carbocycles. The first-order valence-electron chi connectivity index (χ1n) is 11.8. The van der Waals surface area contributed by atoms with Crippen molar-refractivity contribution >= 4 is 33.0 Å². The van der Waals surface area contributed by atoms with Crippen LogP contribution in [0, 0.1) is 24.7 Å². The van der Waals surface area contributed by atoms with Crippen LogP contribution in [0.5, 0.6) is 0 Å². The maximum Gasteiger partial charge on any atom is 0.223 e. The molecule has 1 saturated heterocycles. The molecule has 2 aliphatic carbocycles. The molecule has 2 heterocycles. The average molecular weight is 426 g/mol. The molecule has 5 heteroatoms. The van der Waals surface area contributed by atoms with Gasteiger partial charge >= 0.3 is 0 Å². The van der Waals surface area contributed by atoms with E-state index in [1.165, 1.54) is 47.0 Å². The van der Waals surface area contributed by atoms with Crippen LogP contribution in [-0.2, 0) is 4.79 Å². The molecule has 3 fully saturated rings. The second kappa shape index (κ2) is 8.51. The fraction of sp³-hybridized carbons (Fsp3) is 0.640. The summed E-state index contributed by atoms with van der Waals surface area (Å²) in [5.41, 5.74) is 2.74. The lowest BCUT2D eigenvalue weighted by Crippen LogP contribution is -2.47. The lowest BCUT2D eigenvalue weighted by molar-refractivity contribution is -0.123. The smallest absolute Gasteiger partial charge is 0.223 e. The van der Waals surface area contributed by atoms with E-state index in [-0.39, 0.29) is 5.92 Å². The van der Waals surface area contributed by atoms with E-state index in [4.69, 9.17) is 0 Å². The van der Waals surface area contributed by atoms with Crippen LogP contribution in [0.2, 0.25) is 0 Å². The Labute approximate surface area is 184 Å². The van der Waals surface area contributed by atoms with E-state index < -0.39 is 0 Å². The second-order valence-corrected chi connectivity index (χ2v) is 10.9. The molecule has 1 aromatic carbocycles. The van der Waals surface area contributed by atoms with Crippen molar-refractivity contribution in [1.82, 2.24) is 10.2 Å². The molecule has 1 amide bonds. The van der Waals surface area contributed by atoms with Gasteiger partial charge in [0.05, 0.1) is 5.69 Å². The SMILES string of the molecule is Cc1ccc2c(N3CCN(CC4C[C@@H]4C(=O)NC4CCC(C)CC4)CC3)csc2c1. The third-order valence-corrected chi connectivity index (χ3v) is 8.47. The minimum absolute atomic E-state index is 0.270. The number of hydrogen-bond donors (Lipinski definition) is 1. The summed E-state index contributed by atoms with van der Waals surface area (Å²) in [6.45, 7) is 9.97. The fourth-order valence-electron chi connectivity index (χ4n) is 5.35. The molecule has 162 valence electrons. The van der Waals surface area contributed by atoms with Crippen LogP contribution in [0.1, 0.15) is 44.6 Å². The van der Waals surface area contributed by atoms with Gasteiger partial charge in [-0.25, -0.2) is 0 Å². The van der Waals surface area contributed by atoms with Crippen molar-refractivity contribution in [3.63, 3.8) is 0 Å². The van der Waals surface area contributed by atoms with E-state index in [0.717, 1.165) is 45.1 Å². The number of carbonyl (C=O) groups excluding carboxylic acids is 1. The molecule has 5 rings (SSSR count). The largest absolute Gasteiger partial charge is 0.368 e. The minimum Gasteiger partial charge on any atom is -0.368 e. The number of fused-ring (bicyclic) bond motifs is 1. The van der Waals surface area contributed by atoms with Crippen LogP contribution < -0.4 is 10.2 Å². The number of amides is 1. The van der Waals surface area contributed by atoms with E-state index in [9.17, 15) is 4.79 Å². The Balaban J connectivity index is 1.08. The molecule has 30 heavy (non-hydrogen) atoms. The van der Waals surface area contributed by atoms with Crippen molar-refractivity contribution in [1.29, 1.82) is 0 Å². The van der Waals surface area contributed by atoms with Crippen molar-refractivity contribution in [2.45, 2.75) is 52.0 Å². The van der Waals surface area contributed by atoms with E-state index in [0.29, 0.717) is 17.9 Å². The predicted molar refractivity (Wildman–Crippen MR) is 126 cm³/mol. The number of nitrogens with zero attached hydrogens (tertiary/aromatic N) is 2. The predicted octanol–water partition coefficient (Wildman–Crippen LogP) is 4.66. The van der Waals surface area contributed by atoms with Gasteiger partial charge in [-0.15, -0.1) is 11.3 Å². The molecule has 0 spiro atoms. The first-order valence-corrected chi connectivity index (χ1v) is 12.7. The van der Waals surface area contributed by atoms with Gasteiger partial charge in [-0.3, -0.25) is 9.69 Å². The van der Waals surface area contributed by atoms with Gasteiger partial charge in [-0.05, 0) is 62.5 Å². The summed E-state index contributed by atoms with van der Waals surface area (Å²) in [5.74, 6) is 2.01. The second-order valence-electron chi connectivity index (χ2n) is 9.98. The topological polar surface area (TPSA) is 35.6 Å². The van der Waals surface area contributed by atoms with Crippen molar-refractivity contribution < 1.29 is 4.79 Å². The maximum absolute atomic E-state index is 12.6. The summed E-state index contributed by atoms with van der Waals surface area (Å²) in [4.78, 5) is 17.8. The first-order chi connectivity index (χ1) is 14.6. The number of carbonyl (C=O) groups is 1. The molecule has 3 aliphatic rings. The lowest BCUT2D eigenvalue weighted by Gasteiger charge is -2.36. The minimum atomic E-state index is 0.270. The zero-order chi connectivity index (χ0) is 20.7. The quantitative estimate of drug-likeness (QED) is 0.757. The van der Waals surface area contributed by atoms with Gasteiger partial charge in [-0.1, -0.05) is 19.1 Å². The Morgan fingerprint density at radius 2 is 1.90 bits per heavy atom. The van der Waals surface area contributed by atoms with E-state index >= 15 is 0 Å². The van der Waals surface area contributed by atoms with Crippen LogP contribution in [0.3, 0.4) is 0 Å². The van der Waals surface area contributed by atoms with Gasteiger partial charge in [0.2, 0.25) is 5.91 Å². The number of anilines is 1. The number of hydrogen-bond acceptors (Lipinski definition) is 4. The standard InChI is InChI=1S/C25H35N3OS/c1-17-3-6-20(7-4-17)26-25(29)22-14-19(22)15-27-9-11-28(12-10-27)23-16-30-24-13-18(2)5-8-21(23)24/h5,8,13,16-17,19-20,22H,3-4,6-7,9-12,14-15H2,1-2H3,(H,26,29)/t17?,19?,20?,22-/m0/s1. The summed E-state index contributed by atoms with van der Waals surface area (Å²) in [5, 5.41) is 7.08. The van der Waals surface area contributed by atoms with Crippen molar-refractivity contribution in [2.75, 3.05) is 37.6 Å². The zero-order valence-corrected chi connectivity index (χ0v) is 19.2. The summed E-state index contributed by atoms with van der Waals surface area (Å²) in [7, 11) is 0. The summed E-state index contributed by atoms with van der Waals surface area (Å²) in [6.07, 6.45) is 5.96. The molecular formula is C25H35N3OS. The van der Waals surface area contributed by atoms with Crippen molar-refractivity contribution in [2.24, 2.45) is 17.8 Å². The van der Waals surface area contributed by atoms with Gasteiger partial charge in [-0.2, -0.15) is 0 Å². The van der Waals surface area contributed by atoms with Gasteiger partial charge < -0.3 is 10.2 Å². The number of rotatable bonds is 5. The van der Waals surface area contributed by atoms with Gasteiger partial charge in [0, 0.05) is 60.1 Å². The number of piperazine rings is 1. The fourth-order valence-corrected chi connectivity index (χ4v) is 6.42. The number of aryl methyl sites for hydroxylation is 1. The third-order valence-electron chi connectivity index (χ3n) is 7.54. The van der Waals surface area contributed by atoms with Crippen LogP contribution in [0.4, 0.5) is 5.69 Å². The van der Waals surface area contributed by atoms with Gasteiger partial charge in [0.1, 0.15) is 0 Å². The third kappa shape index (κ3) is 4.38. The van der Waals surface area contributed by atoms with Crippen LogP contribution in [0.25, 0.3) is 10.1 Å². The zero-order valence-electron chi connectivity index (χ0n) is 18.4. The van der Waals surface area contributed by atoms with E-state index in [1.54, 1.807) is 0 Å². The number of thiophene rings is 1. The van der Waals surface area contributed by atoms with Gasteiger partial charge in [0.15, 0.2) is 0 Å². The molecule has 2 aromatic rings. The normalized spacial score (nSPS) is 29.9. The molecular weight excluding hydrogens is 390 g/mol. The monoisotopic (exact) mass is 425 g/mol.